The van der Waals surface area contributed by atoms with Crippen molar-refractivity contribution in [2.24, 2.45) is 0 Å². The van der Waals surface area contributed by atoms with Crippen molar-refractivity contribution < 1.29 is 32.2 Å². The number of esters is 1. The molecule has 0 aromatic heterocycles. The van der Waals surface area contributed by atoms with E-state index in [0.29, 0.717) is 30.2 Å². The highest BCUT2D eigenvalue weighted by atomic mass is 32.2. The molecule has 0 bridgehead atoms. The molecule has 0 N–H and O–H groups in total. The van der Waals surface area contributed by atoms with E-state index in [4.69, 9.17) is 9.47 Å². The number of benzene rings is 3. The van der Waals surface area contributed by atoms with E-state index in [1.807, 2.05) is 37.3 Å². The molecular weight excluding hydrogens is 503 g/mol. The van der Waals surface area contributed by atoms with E-state index in [0.717, 1.165) is 45.9 Å². The monoisotopic (exact) mass is 529 g/mol. The van der Waals surface area contributed by atoms with Gasteiger partial charge < -0.3 is 14.4 Å². The van der Waals surface area contributed by atoms with Gasteiger partial charge in [-0.15, -0.1) is 11.8 Å². The second-order valence-corrected chi connectivity index (χ2v) is 9.65. The summed E-state index contributed by atoms with van der Waals surface area (Å²) in [4.78, 5) is 27.0. The summed E-state index contributed by atoms with van der Waals surface area (Å²) in [5.41, 5.74) is 3.19. The number of fused-ring (bicyclic) bond motifs is 1. The normalized spacial score (nSPS) is 13.0. The number of alkyl halides is 3. The number of ether oxygens (including phenoxy) is 2. The van der Waals surface area contributed by atoms with Crippen LogP contribution in [0.5, 0.6) is 5.75 Å². The van der Waals surface area contributed by atoms with Crippen molar-refractivity contribution in [3.8, 4) is 5.75 Å². The van der Waals surface area contributed by atoms with Crippen molar-refractivity contribution in [2.45, 2.75) is 37.9 Å². The SMILES string of the molecule is CCOC(=O)COc1ccc(CCSc2cccc3c2CN(c2ccc(C(F)(F)F)cc2)C3=O)cc1C. The van der Waals surface area contributed by atoms with Gasteiger partial charge in [0.1, 0.15) is 5.75 Å². The summed E-state index contributed by atoms with van der Waals surface area (Å²) in [5.74, 6) is 0.777. The number of hydrogen-bond acceptors (Lipinski definition) is 5. The smallest absolute Gasteiger partial charge is 0.416 e. The Kier molecular flexibility index (Phi) is 8.12. The zero-order chi connectivity index (χ0) is 26.6. The molecule has 0 atom stereocenters. The van der Waals surface area contributed by atoms with Gasteiger partial charge in [0, 0.05) is 21.9 Å². The van der Waals surface area contributed by atoms with Gasteiger partial charge >= 0.3 is 12.1 Å². The maximum atomic E-state index is 13.0. The van der Waals surface area contributed by atoms with E-state index in [1.165, 1.54) is 17.0 Å². The Bertz CT molecular complexity index is 1290. The molecule has 0 spiro atoms. The third-order valence-electron chi connectivity index (χ3n) is 5.97. The molecule has 0 radical (unpaired) electrons. The Morgan fingerprint density at radius 3 is 2.51 bits per heavy atom. The van der Waals surface area contributed by atoms with Gasteiger partial charge in [-0.2, -0.15) is 13.2 Å². The Hall–Kier alpha value is -3.46. The van der Waals surface area contributed by atoms with Gasteiger partial charge in [-0.05, 0) is 79.4 Å². The zero-order valence-corrected chi connectivity index (χ0v) is 21.2. The molecule has 0 fully saturated rings. The molecule has 1 aliphatic heterocycles. The number of carbonyl (C=O) groups excluding carboxylic acids is 2. The number of carbonyl (C=O) groups is 2. The van der Waals surface area contributed by atoms with Crippen LogP contribution in [0.1, 0.15) is 39.5 Å². The van der Waals surface area contributed by atoms with Crippen molar-refractivity contribution in [3.05, 3.63) is 88.5 Å². The molecule has 3 aromatic carbocycles. The second kappa shape index (κ2) is 11.3. The predicted molar refractivity (Wildman–Crippen MR) is 136 cm³/mol. The van der Waals surface area contributed by atoms with Gasteiger partial charge in [-0.3, -0.25) is 4.79 Å². The van der Waals surface area contributed by atoms with Crippen molar-refractivity contribution in [3.63, 3.8) is 0 Å². The summed E-state index contributed by atoms with van der Waals surface area (Å²) in [5, 5.41) is 0. The van der Waals surface area contributed by atoms with Crippen LogP contribution >= 0.6 is 11.8 Å². The molecule has 0 saturated heterocycles. The minimum Gasteiger partial charge on any atom is -0.482 e. The van der Waals surface area contributed by atoms with Crippen LogP contribution in [0.4, 0.5) is 18.9 Å². The third kappa shape index (κ3) is 6.28. The van der Waals surface area contributed by atoms with Gasteiger partial charge in [-0.1, -0.05) is 18.2 Å². The molecule has 9 heteroatoms. The van der Waals surface area contributed by atoms with Gasteiger partial charge in [0.25, 0.3) is 5.91 Å². The molecule has 194 valence electrons. The highest BCUT2D eigenvalue weighted by molar-refractivity contribution is 7.99. The first-order chi connectivity index (χ1) is 17.7. The van der Waals surface area contributed by atoms with E-state index < -0.39 is 17.7 Å². The van der Waals surface area contributed by atoms with Crippen LogP contribution in [0.2, 0.25) is 0 Å². The molecule has 3 aromatic rings. The second-order valence-electron chi connectivity index (χ2n) is 8.51. The fourth-order valence-electron chi connectivity index (χ4n) is 4.13. The highest BCUT2D eigenvalue weighted by Crippen LogP contribution is 2.36. The standard InChI is InChI=1S/C28H26F3NO4S/c1-3-35-26(33)17-36-24-12-7-19(15-18(24)2)13-14-37-25-6-4-5-22-23(25)16-32(27(22)34)21-10-8-20(9-11-21)28(29,30)31/h4-12,15H,3,13-14,16-17H2,1-2H3. The number of anilines is 1. The molecule has 5 nitrogen and oxygen atoms in total. The predicted octanol–water partition coefficient (Wildman–Crippen LogP) is 6.45. The van der Waals surface area contributed by atoms with Gasteiger partial charge in [0.2, 0.25) is 0 Å². The fourth-order valence-corrected chi connectivity index (χ4v) is 5.21. The number of nitrogens with zero attached hydrogens (tertiary/aromatic N) is 1. The van der Waals surface area contributed by atoms with Gasteiger partial charge in [0.05, 0.1) is 18.7 Å². The number of thioether (sulfide) groups is 1. The fraction of sp³-hybridized carbons (Fsp3) is 0.286. The van der Waals surface area contributed by atoms with Crippen LogP contribution in [0.3, 0.4) is 0 Å². The average molecular weight is 530 g/mol. The molecule has 1 amide bonds. The molecule has 4 rings (SSSR count). The minimum absolute atomic E-state index is 0.134. The number of amides is 1. The summed E-state index contributed by atoms with van der Waals surface area (Å²) in [6.45, 7) is 4.15. The minimum atomic E-state index is -4.42. The molecule has 1 heterocycles. The van der Waals surface area contributed by atoms with Crippen molar-refractivity contribution in [2.75, 3.05) is 23.9 Å². The highest BCUT2D eigenvalue weighted by Gasteiger charge is 2.33. The molecule has 0 aliphatic carbocycles. The maximum Gasteiger partial charge on any atom is 0.416 e. The lowest BCUT2D eigenvalue weighted by molar-refractivity contribution is -0.145. The Morgan fingerprint density at radius 2 is 1.84 bits per heavy atom. The topological polar surface area (TPSA) is 55.8 Å². The Morgan fingerprint density at radius 1 is 1.08 bits per heavy atom. The molecule has 0 saturated carbocycles. The van der Waals surface area contributed by atoms with Crippen molar-refractivity contribution in [1.82, 2.24) is 0 Å². The lowest BCUT2D eigenvalue weighted by Crippen LogP contribution is -2.23. The van der Waals surface area contributed by atoms with E-state index in [-0.39, 0.29) is 12.5 Å². The van der Waals surface area contributed by atoms with E-state index >= 15 is 0 Å². The Balaban J connectivity index is 1.38. The summed E-state index contributed by atoms with van der Waals surface area (Å²) in [7, 11) is 0. The Labute approximate surface area is 217 Å². The largest absolute Gasteiger partial charge is 0.482 e. The van der Waals surface area contributed by atoms with Crippen LogP contribution < -0.4 is 9.64 Å². The average Bonchev–Trinajstić information content (AvgIpc) is 3.20. The molecule has 1 aliphatic rings. The first-order valence-electron chi connectivity index (χ1n) is 11.8. The van der Waals surface area contributed by atoms with Crippen LogP contribution in [-0.4, -0.2) is 30.8 Å². The van der Waals surface area contributed by atoms with Crippen LogP contribution in [0.15, 0.2) is 65.6 Å². The van der Waals surface area contributed by atoms with E-state index in [2.05, 4.69) is 0 Å². The molecular formula is C28H26F3NO4S. The first-order valence-corrected chi connectivity index (χ1v) is 12.8. The van der Waals surface area contributed by atoms with Gasteiger partial charge in [0.15, 0.2) is 6.61 Å². The number of hydrogen-bond donors (Lipinski definition) is 0. The van der Waals surface area contributed by atoms with Crippen LogP contribution in [-0.2, 0) is 28.7 Å². The third-order valence-corrected chi connectivity index (χ3v) is 7.07. The van der Waals surface area contributed by atoms with Crippen molar-refractivity contribution >= 4 is 29.3 Å². The van der Waals surface area contributed by atoms with Gasteiger partial charge in [-0.25, -0.2) is 4.79 Å². The maximum absolute atomic E-state index is 13.0. The quantitative estimate of drug-likeness (QED) is 0.236. The van der Waals surface area contributed by atoms with Crippen LogP contribution in [0, 0.1) is 6.92 Å². The van der Waals surface area contributed by atoms with E-state index in [1.54, 1.807) is 24.8 Å². The molecule has 37 heavy (non-hydrogen) atoms. The number of aryl methyl sites for hydroxylation is 2. The zero-order valence-electron chi connectivity index (χ0n) is 20.4. The first kappa shape index (κ1) is 26.6. The summed E-state index contributed by atoms with van der Waals surface area (Å²) in [6, 6.07) is 16.0. The van der Waals surface area contributed by atoms with Crippen molar-refractivity contribution in [1.29, 1.82) is 0 Å². The summed E-state index contributed by atoms with van der Waals surface area (Å²) < 4.78 is 49.1. The summed E-state index contributed by atoms with van der Waals surface area (Å²) in [6.07, 6.45) is -3.64. The van der Waals surface area contributed by atoms with E-state index in [9.17, 15) is 22.8 Å². The number of halogens is 3. The lowest BCUT2D eigenvalue weighted by Gasteiger charge is -2.17. The summed E-state index contributed by atoms with van der Waals surface area (Å²) >= 11 is 1.64. The molecule has 0 unspecified atom stereocenters. The number of rotatable bonds is 9. The lowest BCUT2D eigenvalue weighted by atomic mass is 10.1. The van der Waals surface area contributed by atoms with Crippen LogP contribution in [0.25, 0.3) is 0 Å².